The Morgan fingerprint density at radius 1 is 1.24 bits per heavy atom. The van der Waals surface area contributed by atoms with E-state index in [0.717, 1.165) is 32.1 Å². The molecule has 0 radical (unpaired) electrons. The Labute approximate surface area is 181 Å². The smallest absolute Gasteiger partial charge is 0.303 e. The van der Waals surface area contributed by atoms with Crippen LogP contribution < -0.4 is 0 Å². The van der Waals surface area contributed by atoms with Crippen LogP contribution in [0.1, 0.15) is 78.1 Å². The van der Waals surface area contributed by atoms with Gasteiger partial charge in [0.2, 0.25) is 0 Å². The van der Waals surface area contributed by atoms with Crippen molar-refractivity contribution in [2.45, 2.75) is 95.6 Å². The Balaban J connectivity index is 1.86. The summed E-state index contributed by atoms with van der Waals surface area (Å²) in [7, 11) is 0. The first-order chi connectivity index (χ1) is 13.7. The lowest BCUT2D eigenvalue weighted by molar-refractivity contribution is -0.137. The lowest BCUT2D eigenvalue weighted by atomic mass is 9.60. The van der Waals surface area contributed by atoms with Crippen LogP contribution >= 0.6 is 11.6 Å². The molecule has 29 heavy (non-hydrogen) atoms. The molecule has 4 nitrogen and oxygen atoms in total. The molecular weight excluding hydrogens is 388 g/mol. The van der Waals surface area contributed by atoms with Gasteiger partial charge in [0.05, 0.1) is 12.2 Å². The highest BCUT2D eigenvalue weighted by molar-refractivity contribution is 6.21. The maximum atomic E-state index is 10.8. The number of aliphatic hydroxyl groups is 2. The molecule has 0 bridgehead atoms. The van der Waals surface area contributed by atoms with E-state index in [1.807, 2.05) is 6.08 Å². The lowest BCUT2D eigenvalue weighted by Crippen LogP contribution is -2.42. The molecule has 5 heteroatoms. The van der Waals surface area contributed by atoms with E-state index in [4.69, 9.17) is 16.7 Å². The standard InChI is InChI=1S/C24H39ClO4/c1-17(2)16-24(13-8-14-24)22(27)11-7-10-19-18(20(25)15-21(19)26)9-5-3-4-6-12-23(28)29/h3,5,7,10,17-22,26-27H,4,6,8-9,11-16H2,1-2H3,(H,28,29)/t18-,19-,20+,21-,22?/m1/s1. The van der Waals surface area contributed by atoms with Crippen LogP contribution in [0.2, 0.25) is 0 Å². The predicted octanol–water partition coefficient (Wildman–Crippen LogP) is 5.32. The van der Waals surface area contributed by atoms with Crippen LogP contribution in [0.3, 0.4) is 0 Å². The third-order valence-electron chi connectivity index (χ3n) is 6.79. The number of alkyl halides is 1. The fourth-order valence-electron chi connectivity index (χ4n) is 5.14. The number of aliphatic carboxylic acids is 1. The van der Waals surface area contributed by atoms with Gasteiger partial charge < -0.3 is 15.3 Å². The first-order valence-electron chi connectivity index (χ1n) is 11.3. The molecular formula is C24H39ClO4. The van der Waals surface area contributed by atoms with Crippen LogP contribution in [0.15, 0.2) is 24.3 Å². The van der Waals surface area contributed by atoms with Crippen molar-refractivity contribution >= 4 is 17.6 Å². The zero-order valence-corrected chi connectivity index (χ0v) is 18.7. The van der Waals surface area contributed by atoms with Gasteiger partial charge in [0, 0.05) is 17.7 Å². The minimum absolute atomic E-state index is 0.0100. The summed E-state index contributed by atoms with van der Waals surface area (Å²) < 4.78 is 0. The quantitative estimate of drug-likeness (QED) is 0.224. The average Bonchev–Trinajstić information content (AvgIpc) is 2.87. The Kier molecular flexibility index (Phi) is 9.71. The molecule has 3 N–H and O–H groups in total. The van der Waals surface area contributed by atoms with E-state index in [2.05, 4.69) is 32.1 Å². The number of carboxylic acid groups (broad SMARTS) is 1. The predicted molar refractivity (Wildman–Crippen MR) is 118 cm³/mol. The topological polar surface area (TPSA) is 77.8 Å². The van der Waals surface area contributed by atoms with Crippen LogP contribution in [-0.2, 0) is 4.79 Å². The van der Waals surface area contributed by atoms with Gasteiger partial charge in [-0.25, -0.2) is 0 Å². The monoisotopic (exact) mass is 426 g/mol. The molecule has 166 valence electrons. The normalized spacial score (nSPS) is 30.3. The molecule has 2 rings (SSSR count). The number of halogens is 1. The van der Waals surface area contributed by atoms with Gasteiger partial charge in [0.15, 0.2) is 0 Å². The lowest BCUT2D eigenvalue weighted by Gasteiger charge is -2.46. The van der Waals surface area contributed by atoms with Crippen molar-refractivity contribution in [3.63, 3.8) is 0 Å². The fourth-order valence-corrected chi connectivity index (χ4v) is 5.59. The van der Waals surface area contributed by atoms with Gasteiger partial charge in [-0.3, -0.25) is 4.79 Å². The molecule has 0 saturated heterocycles. The molecule has 0 aromatic heterocycles. The van der Waals surface area contributed by atoms with Crippen LogP contribution in [0.4, 0.5) is 0 Å². The second-order valence-corrected chi connectivity index (χ2v) is 10.1. The molecule has 0 aromatic carbocycles. The van der Waals surface area contributed by atoms with E-state index in [1.54, 1.807) is 0 Å². The second kappa shape index (κ2) is 11.5. The molecule has 0 amide bonds. The maximum Gasteiger partial charge on any atom is 0.303 e. The molecule has 5 atom stereocenters. The van der Waals surface area contributed by atoms with E-state index >= 15 is 0 Å². The number of aliphatic hydroxyl groups excluding tert-OH is 2. The Morgan fingerprint density at radius 3 is 2.55 bits per heavy atom. The minimum atomic E-state index is -0.761. The Hall–Kier alpha value is -0.840. The van der Waals surface area contributed by atoms with Crippen molar-refractivity contribution in [1.29, 1.82) is 0 Å². The van der Waals surface area contributed by atoms with Gasteiger partial charge in [-0.2, -0.15) is 0 Å². The van der Waals surface area contributed by atoms with Crippen LogP contribution in [0.5, 0.6) is 0 Å². The number of unbranched alkanes of at least 4 members (excludes halogenated alkanes) is 1. The van der Waals surface area contributed by atoms with Crippen molar-refractivity contribution in [1.82, 2.24) is 0 Å². The summed E-state index contributed by atoms with van der Waals surface area (Å²) in [6.07, 6.45) is 15.6. The number of carboxylic acids is 1. The third-order valence-corrected chi connectivity index (χ3v) is 7.30. The average molecular weight is 427 g/mol. The molecule has 0 spiro atoms. The molecule has 1 unspecified atom stereocenters. The van der Waals surface area contributed by atoms with Gasteiger partial charge >= 0.3 is 5.97 Å². The highest BCUT2D eigenvalue weighted by Crippen LogP contribution is 2.49. The summed E-state index contributed by atoms with van der Waals surface area (Å²) in [4.78, 5) is 10.6. The van der Waals surface area contributed by atoms with Crippen molar-refractivity contribution in [2.75, 3.05) is 0 Å². The zero-order chi connectivity index (χ0) is 21.4. The summed E-state index contributed by atoms with van der Waals surface area (Å²) in [5.74, 6) is 0.0109. The highest BCUT2D eigenvalue weighted by Gasteiger charge is 2.43. The van der Waals surface area contributed by atoms with Gasteiger partial charge in [-0.15, -0.1) is 11.6 Å². The van der Waals surface area contributed by atoms with Gasteiger partial charge in [-0.1, -0.05) is 44.6 Å². The molecule has 2 aliphatic carbocycles. The van der Waals surface area contributed by atoms with E-state index in [0.29, 0.717) is 25.2 Å². The first-order valence-corrected chi connectivity index (χ1v) is 11.7. The summed E-state index contributed by atoms with van der Waals surface area (Å²) in [5, 5.41) is 29.9. The SMILES string of the molecule is CC(C)CC1(C(O)CC=C[C@@H]2[C@@H](CC=CCCCC(=O)O)[C@@H](Cl)C[C@H]2O)CCC1. The zero-order valence-electron chi connectivity index (χ0n) is 18.0. The van der Waals surface area contributed by atoms with E-state index < -0.39 is 12.1 Å². The number of hydrogen-bond donors (Lipinski definition) is 3. The third kappa shape index (κ3) is 7.11. The van der Waals surface area contributed by atoms with Gasteiger partial charge in [-0.05, 0) is 68.6 Å². The first kappa shape index (κ1) is 24.4. The van der Waals surface area contributed by atoms with Crippen molar-refractivity contribution in [2.24, 2.45) is 23.2 Å². The molecule has 2 aliphatic rings. The van der Waals surface area contributed by atoms with E-state index in [1.165, 1.54) is 6.42 Å². The molecule has 0 aromatic rings. The molecule has 0 aliphatic heterocycles. The number of allylic oxidation sites excluding steroid dienone is 2. The fraction of sp³-hybridized carbons (Fsp3) is 0.792. The Morgan fingerprint density at radius 2 is 1.97 bits per heavy atom. The minimum Gasteiger partial charge on any atom is -0.481 e. The van der Waals surface area contributed by atoms with Crippen LogP contribution in [0, 0.1) is 23.2 Å². The molecule has 2 saturated carbocycles. The summed E-state index contributed by atoms with van der Waals surface area (Å²) >= 11 is 6.50. The van der Waals surface area contributed by atoms with E-state index in [-0.39, 0.29) is 35.2 Å². The summed E-state index contributed by atoms with van der Waals surface area (Å²) in [6.45, 7) is 4.44. The molecule has 2 fully saturated rings. The van der Waals surface area contributed by atoms with Crippen molar-refractivity contribution < 1.29 is 20.1 Å². The van der Waals surface area contributed by atoms with Crippen LogP contribution in [0.25, 0.3) is 0 Å². The van der Waals surface area contributed by atoms with Crippen LogP contribution in [-0.4, -0.2) is 38.9 Å². The molecule has 0 heterocycles. The van der Waals surface area contributed by atoms with Crippen molar-refractivity contribution in [3.05, 3.63) is 24.3 Å². The van der Waals surface area contributed by atoms with E-state index in [9.17, 15) is 15.0 Å². The number of carbonyl (C=O) groups is 1. The summed E-state index contributed by atoms with van der Waals surface area (Å²) in [5.41, 5.74) is 0.0832. The highest BCUT2D eigenvalue weighted by atomic mass is 35.5. The maximum absolute atomic E-state index is 10.8. The van der Waals surface area contributed by atoms with Gasteiger partial charge in [0.1, 0.15) is 0 Å². The van der Waals surface area contributed by atoms with Crippen molar-refractivity contribution in [3.8, 4) is 0 Å². The largest absolute Gasteiger partial charge is 0.481 e. The Bertz CT molecular complexity index is 567. The van der Waals surface area contributed by atoms with Gasteiger partial charge in [0.25, 0.3) is 0 Å². The number of rotatable bonds is 12. The number of hydrogen-bond acceptors (Lipinski definition) is 3. The summed E-state index contributed by atoms with van der Waals surface area (Å²) in [6, 6.07) is 0. The second-order valence-electron chi connectivity index (χ2n) is 9.55.